The summed E-state index contributed by atoms with van der Waals surface area (Å²) >= 11 is 1.62. The predicted octanol–water partition coefficient (Wildman–Crippen LogP) is 3.55. The Morgan fingerprint density at radius 1 is 1.34 bits per heavy atom. The van der Waals surface area contributed by atoms with Crippen molar-refractivity contribution in [2.24, 2.45) is 5.92 Å². The smallest absolute Gasteiger partial charge is 0.227 e. The van der Waals surface area contributed by atoms with Crippen molar-refractivity contribution in [1.82, 2.24) is 15.2 Å². The largest absolute Gasteiger partial charge is 0.355 e. The first-order chi connectivity index (χ1) is 13.9. The second-order valence-electron chi connectivity index (χ2n) is 7.82. The minimum absolute atomic E-state index is 0.0175. The maximum atomic E-state index is 13.9. The molecule has 5 nitrogen and oxygen atoms in total. The number of hydrogen-bond acceptors (Lipinski definition) is 4. The van der Waals surface area contributed by atoms with Crippen LogP contribution in [0.15, 0.2) is 29.6 Å². The normalized spacial score (nSPS) is 16.8. The highest BCUT2D eigenvalue weighted by atomic mass is 32.1. The number of nitrogens with one attached hydrogen (secondary N) is 1. The molecule has 1 fully saturated rings. The van der Waals surface area contributed by atoms with E-state index in [1.807, 2.05) is 24.1 Å². The fraction of sp³-hybridized carbons (Fsp3) is 0.500. The minimum atomic E-state index is -0.330. The third-order valence-electron chi connectivity index (χ3n) is 5.20. The molecule has 3 rings (SSSR count). The van der Waals surface area contributed by atoms with E-state index in [2.05, 4.69) is 5.32 Å². The summed E-state index contributed by atoms with van der Waals surface area (Å²) in [5, 5.41) is 5.99. The molecule has 7 heteroatoms. The first-order valence-corrected chi connectivity index (χ1v) is 11.0. The molecular formula is C22H28FN3O2S. The van der Waals surface area contributed by atoms with Crippen LogP contribution in [0, 0.1) is 11.7 Å². The Morgan fingerprint density at radius 3 is 2.90 bits per heavy atom. The lowest BCUT2D eigenvalue weighted by Gasteiger charge is -2.32. The van der Waals surface area contributed by atoms with E-state index >= 15 is 0 Å². The second-order valence-corrected chi connectivity index (χ2v) is 8.71. The number of rotatable bonds is 7. The van der Waals surface area contributed by atoms with Crippen LogP contribution in [0.5, 0.6) is 0 Å². The number of piperidine rings is 1. The molecule has 2 aromatic rings. The molecule has 0 saturated carbocycles. The number of likely N-dealkylation sites (tertiary alicyclic amines) is 1. The van der Waals surface area contributed by atoms with Gasteiger partial charge in [-0.05, 0) is 24.5 Å². The van der Waals surface area contributed by atoms with Crippen LogP contribution in [0.25, 0.3) is 0 Å². The van der Waals surface area contributed by atoms with Gasteiger partial charge in [0, 0.05) is 43.3 Å². The number of carbonyl (C=O) groups excluding carboxylic acids is 2. The summed E-state index contributed by atoms with van der Waals surface area (Å²) in [6.07, 6.45) is 2.73. The van der Waals surface area contributed by atoms with E-state index in [1.165, 1.54) is 6.07 Å². The van der Waals surface area contributed by atoms with Crippen molar-refractivity contribution in [1.29, 1.82) is 0 Å². The van der Waals surface area contributed by atoms with E-state index in [0.29, 0.717) is 31.6 Å². The highest BCUT2D eigenvalue weighted by molar-refractivity contribution is 7.09. The summed E-state index contributed by atoms with van der Waals surface area (Å²) in [6.45, 7) is 5.67. The molecule has 2 heterocycles. The van der Waals surface area contributed by atoms with Gasteiger partial charge in [0.25, 0.3) is 0 Å². The zero-order valence-corrected chi connectivity index (χ0v) is 17.8. The van der Waals surface area contributed by atoms with Crippen molar-refractivity contribution in [3.8, 4) is 0 Å². The minimum Gasteiger partial charge on any atom is -0.355 e. The Hall–Kier alpha value is -2.28. The van der Waals surface area contributed by atoms with Gasteiger partial charge >= 0.3 is 0 Å². The van der Waals surface area contributed by atoms with Crippen LogP contribution in [0.1, 0.15) is 48.9 Å². The van der Waals surface area contributed by atoms with Crippen LogP contribution in [0.2, 0.25) is 0 Å². The summed E-state index contributed by atoms with van der Waals surface area (Å²) in [7, 11) is 0. The Labute approximate surface area is 175 Å². The van der Waals surface area contributed by atoms with Crippen molar-refractivity contribution >= 4 is 23.2 Å². The average molecular weight is 418 g/mol. The monoisotopic (exact) mass is 417 g/mol. The Morgan fingerprint density at radius 2 is 2.14 bits per heavy atom. The third-order valence-corrected chi connectivity index (χ3v) is 6.25. The van der Waals surface area contributed by atoms with Crippen molar-refractivity contribution in [3.63, 3.8) is 0 Å². The molecule has 0 bridgehead atoms. The summed E-state index contributed by atoms with van der Waals surface area (Å²) in [5.74, 6) is -0.110. The molecule has 1 N–H and O–H groups in total. The quantitative estimate of drug-likeness (QED) is 0.749. The number of aromatic nitrogens is 1. The van der Waals surface area contributed by atoms with Gasteiger partial charge in [0.15, 0.2) is 0 Å². The number of thiazole rings is 1. The van der Waals surface area contributed by atoms with Crippen LogP contribution in [-0.4, -0.2) is 41.3 Å². The van der Waals surface area contributed by atoms with Gasteiger partial charge in [-0.2, -0.15) is 0 Å². The Bertz CT molecular complexity index is 852. The topological polar surface area (TPSA) is 62.3 Å². The molecule has 1 atom stereocenters. The second kappa shape index (κ2) is 9.96. The molecule has 0 spiro atoms. The van der Waals surface area contributed by atoms with E-state index < -0.39 is 0 Å². The number of halogens is 1. The molecule has 0 unspecified atom stereocenters. The van der Waals surface area contributed by atoms with Crippen LogP contribution in [-0.2, 0) is 22.4 Å². The fourth-order valence-corrected chi connectivity index (χ4v) is 4.45. The Kier molecular flexibility index (Phi) is 7.36. The van der Waals surface area contributed by atoms with Gasteiger partial charge < -0.3 is 10.2 Å². The van der Waals surface area contributed by atoms with Crippen molar-refractivity contribution in [2.75, 3.05) is 19.6 Å². The standard InChI is InChI=1S/C22H28FN3O2S/c1-15(2)21(28)24-10-9-18-14-29-22(25-18)17-7-5-11-26(13-17)20(27)12-16-6-3-4-8-19(16)23/h3-4,6,8,14-15,17H,5,7,9-13H2,1-2H3,(H,24,28)/t17-/m1/s1. The number of nitrogens with zero attached hydrogens (tertiary/aromatic N) is 2. The number of hydrogen-bond donors (Lipinski definition) is 1. The van der Waals surface area contributed by atoms with E-state index in [1.54, 1.807) is 29.5 Å². The highest BCUT2D eigenvalue weighted by Gasteiger charge is 2.27. The fourth-order valence-electron chi connectivity index (χ4n) is 3.46. The first-order valence-electron chi connectivity index (χ1n) is 10.2. The van der Waals surface area contributed by atoms with Crippen molar-refractivity contribution < 1.29 is 14.0 Å². The van der Waals surface area contributed by atoms with E-state index in [9.17, 15) is 14.0 Å². The lowest BCUT2D eigenvalue weighted by molar-refractivity contribution is -0.131. The zero-order valence-electron chi connectivity index (χ0n) is 17.0. The summed E-state index contributed by atoms with van der Waals surface area (Å²) in [6, 6.07) is 6.45. The maximum absolute atomic E-state index is 13.9. The lowest BCUT2D eigenvalue weighted by Crippen LogP contribution is -2.40. The zero-order chi connectivity index (χ0) is 20.8. The number of amides is 2. The third kappa shape index (κ3) is 5.85. The van der Waals surface area contributed by atoms with Crippen LogP contribution < -0.4 is 5.32 Å². The molecule has 1 saturated heterocycles. The molecule has 1 aliphatic heterocycles. The summed E-state index contributed by atoms with van der Waals surface area (Å²) in [4.78, 5) is 30.9. The van der Waals surface area contributed by atoms with E-state index in [0.717, 1.165) is 23.5 Å². The summed E-state index contributed by atoms with van der Waals surface area (Å²) in [5.41, 5.74) is 1.42. The molecule has 1 aliphatic rings. The molecule has 156 valence electrons. The van der Waals surface area contributed by atoms with E-state index in [-0.39, 0.29) is 35.9 Å². The molecular weight excluding hydrogens is 389 g/mol. The molecule has 1 aromatic carbocycles. The number of benzene rings is 1. The van der Waals surface area contributed by atoms with Gasteiger partial charge in [-0.25, -0.2) is 9.37 Å². The molecule has 0 radical (unpaired) electrons. The predicted molar refractivity (Wildman–Crippen MR) is 112 cm³/mol. The van der Waals surface area contributed by atoms with Gasteiger partial charge in [-0.3, -0.25) is 9.59 Å². The first kappa shape index (κ1) is 21.4. The van der Waals surface area contributed by atoms with E-state index in [4.69, 9.17) is 4.98 Å². The molecule has 0 aliphatic carbocycles. The van der Waals surface area contributed by atoms with Gasteiger partial charge in [0.05, 0.1) is 17.1 Å². The number of carbonyl (C=O) groups is 2. The van der Waals surface area contributed by atoms with Crippen molar-refractivity contribution in [3.05, 3.63) is 51.7 Å². The molecule has 2 amide bonds. The SMILES string of the molecule is CC(C)C(=O)NCCc1csc([C@@H]2CCCN(C(=O)Cc3ccccc3F)C2)n1. The molecule has 1 aromatic heterocycles. The van der Waals surface area contributed by atoms with Crippen LogP contribution >= 0.6 is 11.3 Å². The average Bonchev–Trinajstić information content (AvgIpc) is 3.18. The van der Waals surface area contributed by atoms with Gasteiger partial charge in [-0.1, -0.05) is 32.0 Å². The highest BCUT2D eigenvalue weighted by Crippen LogP contribution is 2.29. The molecule has 29 heavy (non-hydrogen) atoms. The van der Waals surface area contributed by atoms with Gasteiger partial charge in [0.2, 0.25) is 11.8 Å². The lowest BCUT2D eigenvalue weighted by atomic mass is 9.98. The Balaban J connectivity index is 1.54. The van der Waals surface area contributed by atoms with Gasteiger partial charge in [0.1, 0.15) is 5.82 Å². The summed E-state index contributed by atoms with van der Waals surface area (Å²) < 4.78 is 13.9. The van der Waals surface area contributed by atoms with Crippen LogP contribution in [0.4, 0.5) is 4.39 Å². The maximum Gasteiger partial charge on any atom is 0.227 e. The van der Waals surface area contributed by atoms with Crippen LogP contribution in [0.3, 0.4) is 0 Å². The van der Waals surface area contributed by atoms with Gasteiger partial charge in [-0.15, -0.1) is 11.3 Å². The van der Waals surface area contributed by atoms with Crippen molar-refractivity contribution in [2.45, 2.75) is 45.4 Å².